The number of hydrogen-bond acceptors (Lipinski definition) is 2. The number of halogens is 3. The molecule has 0 saturated carbocycles. The summed E-state index contributed by atoms with van der Waals surface area (Å²) in [5.74, 6) is -0.437. The van der Waals surface area contributed by atoms with Gasteiger partial charge in [-0.25, -0.2) is 8.78 Å². The molecule has 0 aromatic heterocycles. The Morgan fingerprint density at radius 3 is 2.45 bits per heavy atom. The van der Waals surface area contributed by atoms with Crippen molar-refractivity contribution in [3.63, 3.8) is 0 Å². The minimum atomic E-state index is -0.495. The standard InChI is InChI=1S/C15H14BrF2NO/c1-8-5-14(11(9(2)19)7-13(8)18)20-15-6-10(16)3-4-12(15)17/h3-7,9H,19H2,1-2H3. The van der Waals surface area contributed by atoms with E-state index in [9.17, 15) is 8.78 Å². The molecular weight excluding hydrogens is 328 g/mol. The molecule has 0 spiro atoms. The number of nitrogens with two attached hydrogens (primary N) is 1. The van der Waals surface area contributed by atoms with Crippen molar-refractivity contribution < 1.29 is 13.5 Å². The predicted molar refractivity (Wildman–Crippen MR) is 77.9 cm³/mol. The van der Waals surface area contributed by atoms with E-state index in [4.69, 9.17) is 10.5 Å². The molecule has 0 fully saturated rings. The second-order valence-electron chi connectivity index (χ2n) is 4.60. The quantitative estimate of drug-likeness (QED) is 0.866. The molecule has 0 amide bonds. The van der Waals surface area contributed by atoms with Crippen LogP contribution in [0.5, 0.6) is 11.5 Å². The Bertz CT molecular complexity index is 644. The molecule has 2 aromatic carbocycles. The van der Waals surface area contributed by atoms with Crippen LogP contribution in [-0.4, -0.2) is 0 Å². The number of aryl methyl sites for hydroxylation is 1. The van der Waals surface area contributed by atoms with Crippen LogP contribution in [-0.2, 0) is 0 Å². The van der Waals surface area contributed by atoms with Crippen molar-refractivity contribution in [3.8, 4) is 11.5 Å². The lowest BCUT2D eigenvalue weighted by Crippen LogP contribution is -2.08. The Morgan fingerprint density at radius 1 is 1.10 bits per heavy atom. The van der Waals surface area contributed by atoms with Gasteiger partial charge in [0.25, 0.3) is 0 Å². The summed E-state index contributed by atoms with van der Waals surface area (Å²) >= 11 is 3.25. The summed E-state index contributed by atoms with van der Waals surface area (Å²) in [6.07, 6.45) is 0. The minimum absolute atomic E-state index is 0.0623. The van der Waals surface area contributed by atoms with Crippen LogP contribution in [0.1, 0.15) is 24.1 Å². The lowest BCUT2D eigenvalue weighted by Gasteiger charge is -2.15. The molecule has 20 heavy (non-hydrogen) atoms. The number of rotatable bonds is 3. The molecule has 1 unspecified atom stereocenters. The highest BCUT2D eigenvalue weighted by Crippen LogP contribution is 2.33. The SMILES string of the molecule is Cc1cc(Oc2cc(Br)ccc2F)c(C(C)N)cc1F. The summed E-state index contributed by atoms with van der Waals surface area (Å²) in [6.45, 7) is 3.33. The van der Waals surface area contributed by atoms with E-state index in [1.807, 2.05) is 0 Å². The molecule has 0 heterocycles. The van der Waals surface area contributed by atoms with Crippen molar-refractivity contribution in [1.82, 2.24) is 0 Å². The van der Waals surface area contributed by atoms with Gasteiger partial charge in [0.2, 0.25) is 0 Å². The molecule has 5 heteroatoms. The Kier molecular flexibility index (Phi) is 4.40. The predicted octanol–water partition coefficient (Wildman–Crippen LogP) is 4.85. The van der Waals surface area contributed by atoms with E-state index in [1.54, 1.807) is 19.9 Å². The molecule has 2 rings (SSSR count). The van der Waals surface area contributed by atoms with E-state index < -0.39 is 11.9 Å². The largest absolute Gasteiger partial charge is 0.454 e. The summed E-state index contributed by atoms with van der Waals surface area (Å²) in [5.41, 5.74) is 6.71. The number of ether oxygens (including phenoxy) is 1. The van der Waals surface area contributed by atoms with E-state index in [2.05, 4.69) is 15.9 Å². The zero-order valence-corrected chi connectivity index (χ0v) is 12.7. The smallest absolute Gasteiger partial charge is 0.165 e. The third-order valence-corrected chi connectivity index (χ3v) is 3.39. The minimum Gasteiger partial charge on any atom is -0.454 e. The molecule has 0 aliphatic rings. The fraction of sp³-hybridized carbons (Fsp3) is 0.200. The summed E-state index contributed by atoms with van der Waals surface area (Å²) in [5, 5.41) is 0. The summed E-state index contributed by atoms with van der Waals surface area (Å²) in [7, 11) is 0. The van der Waals surface area contributed by atoms with Crippen molar-refractivity contribution in [3.05, 3.63) is 57.6 Å². The molecule has 0 aliphatic heterocycles. The molecule has 1 atom stereocenters. The Balaban J connectivity index is 2.47. The second-order valence-corrected chi connectivity index (χ2v) is 5.52. The van der Waals surface area contributed by atoms with Gasteiger partial charge in [0.1, 0.15) is 11.6 Å². The first-order chi connectivity index (χ1) is 9.38. The van der Waals surface area contributed by atoms with Gasteiger partial charge in [-0.2, -0.15) is 0 Å². The van der Waals surface area contributed by atoms with E-state index in [1.165, 1.54) is 24.3 Å². The van der Waals surface area contributed by atoms with Crippen molar-refractivity contribution >= 4 is 15.9 Å². The average molecular weight is 342 g/mol. The summed E-state index contributed by atoms with van der Waals surface area (Å²) < 4.78 is 33.6. The number of benzene rings is 2. The molecular formula is C15H14BrF2NO. The van der Waals surface area contributed by atoms with Crippen molar-refractivity contribution in [1.29, 1.82) is 0 Å². The van der Waals surface area contributed by atoms with E-state index in [0.29, 0.717) is 21.3 Å². The maximum Gasteiger partial charge on any atom is 0.165 e. The fourth-order valence-corrected chi connectivity index (χ4v) is 2.13. The summed E-state index contributed by atoms with van der Waals surface area (Å²) in [6, 6.07) is 6.81. The summed E-state index contributed by atoms with van der Waals surface area (Å²) in [4.78, 5) is 0. The van der Waals surface area contributed by atoms with Crippen LogP contribution in [0.2, 0.25) is 0 Å². The average Bonchev–Trinajstić information content (AvgIpc) is 2.37. The third kappa shape index (κ3) is 3.16. The number of hydrogen-bond donors (Lipinski definition) is 1. The van der Waals surface area contributed by atoms with Crippen LogP contribution < -0.4 is 10.5 Å². The normalized spacial score (nSPS) is 12.3. The first-order valence-electron chi connectivity index (χ1n) is 6.07. The van der Waals surface area contributed by atoms with Crippen LogP contribution in [0.3, 0.4) is 0 Å². The van der Waals surface area contributed by atoms with Gasteiger partial charge in [-0.3, -0.25) is 0 Å². The first-order valence-corrected chi connectivity index (χ1v) is 6.86. The zero-order chi connectivity index (χ0) is 14.9. The van der Waals surface area contributed by atoms with Gasteiger partial charge in [-0.05, 0) is 49.7 Å². The van der Waals surface area contributed by atoms with E-state index >= 15 is 0 Å². The maximum atomic E-state index is 13.7. The van der Waals surface area contributed by atoms with Gasteiger partial charge >= 0.3 is 0 Å². The van der Waals surface area contributed by atoms with Gasteiger partial charge in [-0.1, -0.05) is 15.9 Å². The molecule has 106 valence electrons. The van der Waals surface area contributed by atoms with E-state index in [-0.39, 0.29) is 11.6 Å². The van der Waals surface area contributed by atoms with Crippen molar-refractivity contribution in [2.24, 2.45) is 5.73 Å². The lowest BCUT2D eigenvalue weighted by molar-refractivity contribution is 0.432. The van der Waals surface area contributed by atoms with Gasteiger partial charge in [0, 0.05) is 16.1 Å². The molecule has 2 N–H and O–H groups in total. The fourth-order valence-electron chi connectivity index (χ4n) is 1.79. The molecule has 0 radical (unpaired) electrons. The van der Waals surface area contributed by atoms with Crippen LogP contribution >= 0.6 is 15.9 Å². The topological polar surface area (TPSA) is 35.2 Å². The zero-order valence-electron chi connectivity index (χ0n) is 11.1. The Hall–Kier alpha value is -1.46. The maximum absolute atomic E-state index is 13.7. The second kappa shape index (κ2) is 5.89. The van der Waals surface area contributed by atoms with E-state index in [0.717, 1.165) is 0 Å². The molecule has 0 aliphatic carbocycles. The molecule has 0 bridgehead atoms. The van der Waals surface area contributed by atoms with Gasteiger partial charge in [-0.15, -0.1) is 0 Å². The van der Waals surface area contributed by atoms with Gasteiger partial charge < -0.3 is 10.5 Å². The third-order valence-electron chi connectivity index (χ3n) is 2.89. The van der Waals surface area contributed by atoms with Crippen LogP contribution in [0, 0.1) is 18.6 Å². The highest BCUT2D eigenvalue weighted by Gasteiger charge is 2.14. The highest BCUT2D eigenvalue weighted by molar-refractivity contribution is 9.10. The highest BCUT2D eigenvalue weighted by atomic mass is 79.9. The van der Waals surface area contributed by atoms with Gasteiger partial charge in [0.15, 0.2) is 11.6 Å². The monoisotopic (exact) mass is 341 g/mol. The van der Waals surface area contributed by atoms with Crippen LogP contribution in [0.4, 0.5) is 8.78 Å². The Morgan fingerprint density at radius 2 is 1.80 bits per heavy atom. The van der Waals surface area contributed by atoms with Crippen molar-refractivity contribution in [2.75, 3.05) is 0 Å². The Labute approximate surface area is 124 Å². The van der Waals surface area contributed by atoms with Crippen LogP contribution in [0.25, 0.3) is 0 Å². The van der Waals surface area contributed by atoms with Gasteiger partial charge in [0.05, 0.1) is 0 Å². The molecule has 2 nitrogen and oxygen atoms in total. The van der Waals surface area contributed by atoms with Crippen LogP contribution in [0.15, 0.2) is 34.8 Å². The molecule has 0 saturated heterocycles. The van der Waals surface area contributed by atoms with Crippen molar-refractivity contribution in [2.45, 2.75) is 19.9 Å². The molecule has 2 aromatic rings. The first kappa shape index (κ1) is 14.9. The lowest BCUT2D eigenvalue weighted by atomic mass is 10.1.